The molecule has 0 heterocycles. The molecular weight excluding hydrogens is 176 g/mol. The van der Waals surface area contributed by atoms with Crippen LogP contribution in [0, 0.1) is 20.8 Å². The second kappa shape index (κ2) is 3.66. The fourth-order valence-corrected chi connectivity index (χ4v) is 1.61. The Hall–Kier alpha value is -1.57. The minimum absolute atomic E-state index is 0.403. The van der Waals surface area contributed by atoms with Gasteiger partial charge in [0.1, 0.15) is 0 Å². The Balaban J connectivity index is 3.61. The van der Waals surface area contributed by atoms with Crippen LogP contribution in [-0.4, -0.2) is 11.1 Å². The summed E-state index contributed by atoms with van der Waals surface area (Å²) in [5.74, 6) is -0.869. The van der Waals surface area contributed by atoms with Crippen LogP contribution < -0.4 is 0 Å². The predicted molar refractivity (Wildman–Crippen MR) is 57.7 cm³/mol. The summed E-state index contributed by atoms with van der Waals surface area (Å²) in [5, 5.41) is 9.06. The van der Waals surface area contributed by atoms with Crippen LogP contribution in [-0.2, 0) is 0 Å². The lowest BCUT2D eigenvalue weighted by atomic mass is 9.94. The molecule has 0 atom stereocenters. The van der Waals surface area contributed by atoms with Crippen molar-refractivity contribution in [1.82, 2.24) is 0 Å². The van der Waals surface area contributed by atoms with Crippen molar-refractivity contribution in [2.45, 2.75) is 20.8 Å². The van der Waals surface area contributed by atoms with Crippen LogP contribution in [0.15, 0.2) is 12.6 Å². The minimum Gasteiger partial charge on any atom is -0.478 e. The lowest BCUT2D eigenvalue weighted by Crippen LogP contribution is -2.06. The summed E-state index contributed by atoms with van der Waals surface area (Å²) in [6, 6.07) is 1.96. The summed E-state index contributed by atoms with van der Waals surface area (Å²) in [7, 11) is 0. The molecule has 1 aromatic carbocycles. The van der Waals surface area contributed by atoms with E-state index in [9.17, 15) is 4.79 Å². The number of rotatable bonds is 2. The lowest BCUT2D eigenvalue weighted by molar-refractivity contribution is 0.0695. The van der Waals surface area contributed by atoms with Gasteiger partial charge in [-0.25, -0.2) is 4.79 Å². The van der Waals surface area contributed by atoms with Crippen LogP contribution >= 0.6 is 0 Å². The number of aromatic carboxylic acids is 1. The summed E-state index contributed by atoms with van der Waals surface area (Å²) in [4.78, 5) is 11.0. The maximum absolute atomic E-state index is 11.0. The highest BCUT2D eigenvalue weighted by molar-refractivity contribution is 5.92. The smallest absolute Gasteiger partial charge is 0.336 e. The molecule has 0 unspecified atom stereocenters. The molecule has 1 N–H and O–H groups in total. The molecule has 0 fully saturated rings. The van der Waals surface area contributed by atoms with E-state index in [2.05, 4.69) is 6.58 Å². The second-order valence-corrected chi connectivity index (χ2v) is 3.42. The highest BCUT2D eigenvalue weighted by atomic mass is 16.4. The molecule has 0 radical (unpaired) electrons. The Morgan fingerprint density at radius 3 is 2.36 bits per heavy atom. The van der Waals surface area contributed by atoms with Gasteiger partial charge in [-0.2, -0.15) is 0 Å². The number of aryl methyl sites for hydroxylation is 1. The number of benzene rings is 1. The first-order valence-corrected chi connectivity index (χ1v) is 4.45. The highest BCUT2D eigenvalue weighted by Gasteiger charge is 2.14. The van der Waals surface area contributed by atoms with Gasteiger partial charge in [-0.05, 0) is 43.0 Å². The van der Waals surface area contributed by atoms with Crippen LogP contribution in [0.3, 0.4) is 0 Å². The van der Waals surface area contributed by atoms with Gasteiger partial charge in [0.2, 0.25) is 0 Å². The zero-order valence-electron chi connectivity index (χ0n) is 8.72. The first kappa shape index (κ1) is 10.5. The van der Waals surface area contributed by atoms with Gasteiger partial charge < -0.3 is 5.11 Å². The van der Waals surface area contributed by atoms with E-state index in [0.29, 0.717) is 5.56 Å². The molecule has 0 aromatic heterocycles. The van der Waals surface area contributed by atoms with Gasteiger partial charge in [-0.15, -0.1) is 0 Å². The Labute approximate surface area is 83.9 Å². The number of carboxylic acids is 1. The largest absolute Gasteiger partial charge is 0.478 e. The number of carboxylic acid groups (broad SMARTS) is 1. The maximum Gasteiger partial charge on any atom is 0.336 e. The number of hydrogen-bond donors (Lipinski definition) is 1. The number of hydrogen-bond acceptors (Lipinski definition) is 1. The molecule has 0 saturated carbocycles. The Bertz CT molecular complexity index is 403. The summed E-state index contributed by atoms with van der Waals surface area (Å²) in [5.41, 5.74) is 3.91. The van der Waals surface area contributed by atoms with E-state index >= 15 is 0 Å². The third kappa shape index (κ3) is 1.55. The zero-order valence-corrected chi connectivity index (χ0v) is 8.72. The van der Waals surface area contributed by atoms with Gasteiger partial charge in [-0.3, -0.25) is 0 Å². The maximum atomic E-state index is 11.0. The van der Waals surface area contributed by atoms with Crippen LogP contribution in [0.4, 0.5) is 0 Å². The van der Waals surface area contributed by atoms with E-state index in [0.717, 1.165) is 22.3 Å². The van der Waals surface area contributed by atoms with Crippen LogP contribution in [0.2, 0.25) is 0 Å². The molecule has 14 heavy (non-hydrogen) atoms. The predicted octanol–water partition coefficient (Wildman–Crippen LogP) is 2.95. The van der Waals surface area contributed by atoms with Crippen molar-refractivity contribution >= 4 is 12.0 Å². The van der Waals surface area contributed by atoms with Crippen molar-refractivity contribution in [3.63, 3.8) is 0 Å². The van der Waals surface area contributed by atoms with Gasteiger partial charge in [-0.1, -0.05) is 18.7 Å². The Morgan fingerprint density at radius 1 is 1.36 bits per heavy atom. The molecule has 0 saturated heterocycles. The molecule has 74 valence electrons. The van der Waals surface area contributed by atoms with Crippen molar-refractivity contribution in [1.29, 1.82) is 0 Å². The summed E-state index contributed by atoms with van der Waals surface area (Å²) >= 11 is 0. The van der Waals surface area contributed by atoms with E-state index in [1.54, 1.807) is 6.08 Å². The van der Waals surface area contributed by atoms with Gasteiger partial charge in [0.05, 0.1) is 5.56 Å². The standard InChI is InChI=1S/C12H14O2/c1-5-10-6-7(2)8(3)11(9(10)4)12(13)14/h5-6H,1H2,2-4H3,(H,13,14). The van der Waals surface area contributed by atoms with Crippen molar-refractivity contribution in [2.75, 3.05) is 0 Å². The molecular formula is C12H14O2. The molecule has 1 rings (SSSR count). The van der Waals surface area contributed by atoms with Crippen LogP contribution in [0.1, 0.15) is 32.6 Å². The number of carbonyl (C=O) groups is 1. The van der Waals surface area contributed by atoms with Crippen LogP contribution in [0.25, 0.3) is 6.08 Å². The normalized spacial score (nSPS) is 9.93. The SMILES string of the molecule is C=Cc1cc(C)c(C)c(C(=O)O)c1C. The first-order valence-electron chi connectivity index (χ1n) is 4.45. The van der Waals surface area contributed by atoms with Gasteiger partial charge >= 0.3 is 5.97 Å². The van der Waals surface area contributed by atoms with E-state index in [1.807, 2.05) is 26.8 Å². The Kier molecular flexibility index (Phi) is 2.75. The van der Waals surface area contributed by atoms with Gasteiger partial charge in [0.15, 0.2) is 0 Å². The lowest BCUT2D eigenvalue weighted by Gasteiger charge is -2.11. The molecule has 0 aliphatic carbocycles. The first-order chi connectivity index (χ1) is 6.49. The fraction of sp³-hybridized carbons (Fsp3) is 0.250. The Morgan fingerprint density at radius 2 is 1.93 bits per heavy atom. The molecule has 2 nitrogen and oxygen atoms in total. The summed E-state index contributed by atoms with van der Waals surface area (Å²) in [6.45, 7) is 9.23. The third-order valence-corrected chi connectivity index (χ3v) is 2.58. The molecule has 0 bridgehead atoms. The molecule has 0 aliphatic rings. The molecule has 2 heteroatoms. The molecule has 0 spiro atoms. The van der Waals surface area contributed by atoms with Crippen molar-refractivity contribution in [2.24, 2.45) is 0 Å². The summed E-state index contributed by atoms with van der Waals surface area (Å²) < 4.78 is 0. The quantitative estimate of drug-likeness (QED) is 0.778. The van der Waals surface area contributed by atoms with E-state index in [4.69, 9.17) is 5.11 Å². The van der Waals surface area contributed by atoms with Gasteiger partial charge in [0.25, 0.3) is 0 Å². The minimum atomic E-state index is -0.869. The molecule has 0 amide bonds. The second-order valence-electron chi connectivity index (χ2n) is 3.42. The topological polar surface area (TPSA) is 37.3 Å². The average molecular weight is 190 g/mol. The van der Waals surface area contributed by atoms with E-state index < -0.39 is 5.97 Å². The summed E-state index contributed by atoms with van der Waals surface area (Å²) in [6.07, 6.45) is 1.69. The van der Waals surface area contributed by atoms with E-state index in [1.165, 1.54) is 0 Å². The van der Waals surface area contributed by atoms with E-state index in [-0.39, 0.29) is 0 Å². The van der Waals surface area contributed by atoms with Crippen LogP contribution in [0.5, 0.6) is 0 Å². The average Bonchev–Trinajstić information content (AvgIpc) is 2.11. The van der Waals surface area contributed by atoms with Crippen molar-refractivity contribution in [3.8, 4) is 0 Å². The fourth-order valence-electron chi connectivity index (χ4n) is 1.61. The molecule has 0 aliphatic heterocycles. The van der Waals surface area contributed by atoms with Crippen molar-refractivity contribution < 1.29 is 9.90 Å². The monoisotopic (exact) mass is 190 g/mol. The van der Waals surface area contributed by atoms with Gasteiger partial charge in [0, 0.05) is 0 Å². The van der Waals surface area contributed by atoms with Crippen molar-refractivity contribution in [3.05, 3.63) is 40.5 Å². The zero-order chi connectivity index (χ0) is 10.9. The highest BCUT2D eigenvalue weighted by Crippen LogP contribution is 2.22. The molecule has 1 aromatic rings. The third-order valence-electron chi connectivity index (χ3n) is 2.58.